The van der Waals surface area contributed by atoms with Crippen LogP contribution in [0.3, 0.4) is 0 Å². The molecule has 0 saturated carbocycles. The molecule has 0 saturated heterocycles. The minimum atomic E-state index is -0.670. The average molecular weight is 288 g/mol. The van der Waals surface area contributed by atoms with Gasteiger partial charge in [0.1, 0.15) is 12.4 Å². The zero-order chi connectivity index (χ0) is 15.4. The van der Waals surface area contributed by atoms with Crippen LogP contribution in [0.5, 0.6) is 0 Å². The molecular formula is C15H13FN2O3. The molecule has 0 radical (unpaired) electrons. The van der Waals surface area contributed by atoms with E-state index in [9.17, 15) is 9.18 Å². The Morgan fingerprint density at radius 1 is 1.48 bits per heavy atom. The molecule has 2 rings (SSSR count). The molecule has 1 amide bonds. The number of carbonyl (C=O) groups is 1. The molecule has 1 heterocycles. The van der Waals surface area contributed by atoms with Crippen molar-refractivity contribution in [2.24, 2.45) is 0 Å². The Hall–Kier alpha value is -2.65. The maximum Gasteiger partial charge on any atom is 0.261 e. The van der Waals surface area contributed by atoms with Gasteiger partial charge in [0.25, 0.3) is 5.91 Å². The van der Waals surface area contributed by atoms with Gasteiger partial charge in [-0.3, -0.25) is 10.1 Å². The van der Waals surface area contributed by atoms with Gasteiger partial charge in [-0.2, -0.15) is 0 Å². The van der Waals surface area contributed by atoms with Crippen LogP contribution in [0.1, 0.15) is 27.2 Å². The first kappa shape index (κ1) is 14.8. The van der Waals surface area contributed by atoms with E-state index in [0.717, 1.165) is 6.07 Å². The largest absolute Gasteiger partial charge is 0.384 e. The first-order valence-electron chi connectivity index (χ1n) is 6.16. The van der Waals surface area contributed by atoms with Crippen molar-refractivity contribution in [1.29, 1.82) is 0 Å². The molecule has 0 aliphatic rings. The summed E-state index contributed by atoms with van der Waals surface area (Å²) in [5.74, 6) is 3.91. The fraction of sp³-hybridized carbons (Fsp3) is 0.200. The molecule has 0 aliphatic heterocycles. The van der Waals surface area contributed by atoms with Crippen LogP contribution in [0.4, 0.5) is 10.3 Å². The summed E-state index contributed by atoms with van der Waals surface area (Å²) in [6, 6.07) is 3.89. The predicted molar refractivity (Wildman–Crippen MR) is 74.3 cm³/mol. The topological polar surface area (TPSA) is 75.4 Å². The Morgan fingerprint density at radius 3 is 2.86 bits per heavy atom. The number of carbonyl (C=O) groups excluding carboxylic acids is 1. The van der Waals surface area contributed by atoms with E-state index < -0.39 is 11.7 Å². The van der Waals surface area contributed by atoms with E-state index in [2.05, 4.69) is 22.3 Å². The number of rotatable bonds is 2. The zero-order valence-electron chi connectivity index (χ0n) is 11.5. The highest BCUT2D eigenvalue weighted by molar-refractivity contribution is 6.04. The van der Waals surface area contributed by atoms with Gasteiger partial charge in [-0.1, -0.05) is 17.0 Å². The van der Waals surface area contributed by atoms with Crippen molar-refractivity contribution >= 4 is 11.8 Å². The Kier molecular flexibility index (Phi) is 4.36. The molecule has 0 atom stereocenters. The number of halogens is 1. The molecule has 2 N–H and O–H groups in total. The highest BCUT2D eigenvalue weighted by Gasteiger charge is 2.16. The van der Waals surface area contributed by atoms with Gasteiger partial charge < -0.3 is 9.63 Å². The number of nitrogens with one attached hydrogen (secondary N) is 1. The number of aromatic nitrogens is 1. The minimum absolute atomic E-state index is 0.159. The molecule has 0 unspecified atom stereocenters. The summed E-state index contributed by atoms with van der Waals surface area (Å²) in [5.41, 5.74) is 1.60. The van der Waals surface area contributed by atoms with Crippen LogP contribution in [0.25, 0.3) is 0 Å². The fourth-order valence-electron chi connectivity index (χ4n) is 1.62. The molecule has 0 spiro atoms. The Bertz CT molecular complexity index is 741. The normalized spacial score (nSPS) is 9.90. The number of nitrogens with zero attached hydrogens (tertiary/aromatic N) is 1. The van der Waals surface area contributed by atoms with Gasteiger partial charge in [0, 0.05) is 11.1 Å². The molecule has 5 nitrogen and oxygen atoms in total. The van der Waals surface area contributed by atoms with E-state index in [4.69, 9.17) is 9.63 Å². The van der Waals surface area contributed by atoms with E-state index in [1.54, 1.807) is 13.8 Å². The van der Waals surface area contributed by atoms with Gasteiger partial charge in [-0.05, 0) is 32.0 Å². The summed E-state index contributed by atoms with van der Waals surface area (Å²) < 4.78 is 18.7. The number of anilines is 1. The monoisotopic (exact) mass is 288 g/mol. The van der Waals surface area contributed by atoms with Crippen molar-refractivity contribution < 1.29 is 18.8 Å². The lowest BCUT2D eigenvalue weighted by molar-refractivity contribution is 0.102. The third-order valence-corrected chi connectivity index (χ3v) is 2.91. The predicted octanol–water partition coefficient (Wildman–Crippen LogP) is 2.03. The van der Waals surface area contributed by atoms with Gasteiger partial charge in [0.15, 0.2) is 0 Å². The lowest BCUT2D eigenvalue weighted by Gasteiger charge is -2.04. The standard InChI is InChI=1S/C15H13FN2O3/c1-9-10(2)18-21-15(9)17-14(20)12-8-11(4-3-7-19)5-6-13(12)16/h5-6,8,19H,7H2,1-2H3,(H,17,20). The second-order valence-electron chi connectivity index (χ2n) is 4.33. The maximum atomic E-state index is 13.7. The van der Waals surface area contributed by atoms with Crippen LogP contribution < -0.4 is 5.32 Å². The highest BCUT2D eigenvalue weighted by atomic mass is 19.1. The zero-order valence-corrected chi connectivity index (χ0v) is 11.5. The molecule has 2 aromatic rings. The second kappa shape index (κ2) is 6.20. The van der Waals surface area contributed by atoms with E-state index in [1.165, 1.54) is 12.1 Å². The lowest BCUT2D eigenvalue weighted by atomic mass is 10.1. The Labute approximate surface area is 120 Å². The van der Waals surface area contributed by atoms with Crippen molar-refractivity contribution in [2.75, 3.05) is 11.9 Å². The SMILES string of the molecule is Cc1noc(NC(=O)c2cc(C#CCO)ccc2F)c1C. The first-order valence-corrected chi connectivity index (χ1v) is 6.16. The van der Waals surface area contributed by atoms with Crippen LogP contribution in [0.15, 0.2) is 22.7 Å². The number of aliphatic hydroxyl groups is 1. The molecule has 21 heavy (non-hydrogen) atoms. The number of hydrogen-bond acceptors (Lipinski definition) is 4. The maximum absolute atomic E-state index is 13.7. The van der Waals surface area contributed by atoms with Crippen LogP contribution in [0.2, 0.25) is 0 Å². The van der Waals surface area contributed by atoms with Crippen LogP contribution >= 0.6 is 0 Å². The molecule has 0 bridgehead atoms. The van der Waals surface area contributed by atoms with E-state index >= 15 is 0 Å². The summed E-state index contributed by atoms with van der Waals surface area (Å²) in [6.45, 7) is 3.16. The summed E-state index contributed by atoms with van der Waals surface area (Å²) >= 11 is 0. The van der Waals surface area contributed by atoms with Gasteiger partial charge in [-0.25, -0.2) is 4.39 Å². The third kappa shape index (κ3) is 3.27. The van der Waals surface area contributed by atoms with E-state index in [0.29, 0.717) is 16.8 Å². The van der Waals surface area contributed by atoms with Crippen molar-refractivity contribution in [1.82, 2.24) is 5.16 Å². The highest BCUT2D eigenvalue weighted by Crippen LogP contribution is 2.19. The van der Waals surface area contributed by atoms with Crippen molar-refractivity contribution in [3.63, 3.8) is 0 Å². The van der Waals surface area contributed by atoms with Crippen molar-refractivity contribution in [3.8, 4) is 11.8 Å². The smallest absolute Gasteiger partial charge is 0.261 e. The summed E-state index contributed by atoms with van der Waals surface area (Å²) in [4.78, 5) is 12.1. The summed E-state index contributed by atoms with van der Waals surface area (Å²) in [7, 11) is 0. The molecule has 6 heteroatoms. The summed E-state index contributed by atoms with van der Waals surface area (Å²) in [6.07, 6.45) is 0. The second-order valence-corrected chi connectivity index (χ2v) is 4.33. The number of benzene rings is 1. The van der Waals surface area contributed by atoms with E-state index in [-0.39, 0.29) is 18.1 Å². The molecular weight excluding hydrogens is 275 g/mol. The molecule has 1 aromatic carbocycles. The number of hydrogen-bond donors (Lipinski definition) is 2. The minimum Gasteiger partial charge on any atom is -0.384 e. The Balaban J connectivity index is 2.28. The van der Waals surface area contributed by atoms with E-state index in [1.807, 2.05) is 0 Å². The average Bonchev–Trinajstić information content (AvgIpc) is 2.78. The van der Waals surface area contributed by atoms with Crippen molar-refractivity contribution in [3.05, 3.63) is 46.4 Å². The summed E-state index contributed by atoms with van der Waals surface area (Å²) in [5, 5.41) is 14.8. The van der Waals surface area contributed by atoms with Gasteiger partial charge in [0.2, 0.25) is 5.88 Å². The molecule has 1 aromatic heterocycles. The van der Waals surface area contributed by atoms with Gasteiger partial charge in [-0.15, -0.1) is 0 Å². The van der Waals surface area contributed by atoms with Crippen LogP contribution in [0, 0.1) is 31.5 Å². The van der Waals surface area contributed by atoms with Crippen LogP contribution in [-0.4, -0.2) is 22.8 Å². The number of amides is 1. The molecule has 0 fully saturated rings. The van der Waals surface area contributed by atoms with Gasteiger partial charge in [0.05, 0.1) is 11.3 Å². The Morgan fingerprint density at radius 2 is 2.24 bits per heavy atom. The number of aryl methyl sites for hydroxylation is 1. The first-order chi connectivity index (χ1) is 10.0. The van der Waals surface area contributed by atoms with Crippen LogP contribution in [-0.2, 0) is 0 Å². The quantitative estimate of drug-likeness (QED) is 0.829. The molecule has 108 valence electrons. The van der Waals surface area contributed by atoms with Gasteiger partial charge >= 0.3 is 0 Å². The molecule has 0 aliphatic carbocycles. The van der Waals surface area contributed by atoms with Crippen molar-refractivity contribution in [2.45, 2.75) is 13.8 Å². The fourth-order valence-corrected chi connectivity index (χ4v) is 1.62. The third-order valence-electron chi connectivity index (χ3n) is 2.91. The lowest BCUT2D eigenvalue weighted by Crippen LogP contribution is -2.14. The number of aliphatic hydroxyl groups excluding tert-OH is 1.